The molecule has 1 aromatic rings. The second-order valence-electron chi connectivity index (χ2n) is 3.86. The van der Waals surface area contributed by atoms with E-state index in [2.05, 4.69) is 5.32 Å². The third-order valence-electron chi connectivity index (χ3n) is 2.61. The lowest BCUT2D eigenvalue weighted by atomic mass is 10.0. The molecule has 5 heteroatoms. The number of nitrogen functional groups attached to an aromatic ring is 1. The van der Waals surface area contributed by atoms with E-state index in [4.69, 9.17) is 10.5 Å². The van der Waals surface area contributed by atoms with Crippen LogP contribution in [0.2, 0.25) is 0 Å². The van der Waals surface area contributed by atoms with E-state index in [1.165, 1.54) is 6.08 Å². The number of carbonyl (C=O) groups is 1. The third kappa shape index (κ3) is 4.63. The van der Waals surface area contributed by atoms with Gasteiger partial charge in [-0.25, -0.2) is 4.79 Å². The summed E-state index contributed by atoms with van der Waals surface area (Å²) in [4.78, 5) is 11.2. The van der Waals surface area contributed by atoms with Gasteiger partial charge in [-0.2, -0.15) is 0 Å². The molecule has 0 heterocycles. The highest BCUT2D eigenvalue weighted by Crippen LogP contribution is 2.26. The maximum atomic E-state index is 11.2. The Hall–Kier alpha value is -2.01. The number of carbonyl (C=O) groups excluding carboxylic acids is 1. The maximum Gasteiger partial charge on any atom is 0.330 e. The minimum absolute atomic E-state index is 0. The van der Waals surface area contributed by atoms with Crippen LogP contribution in [0.4, 0.5) is 11.4 Å². The molecule has 106 valence electrons. The van der Waals surface area contributed by atoms with Gasteiger partial charge in [-0.15, -0.1) is 0 Å². The van der Waals surface area contributed by atoms with Crippen molar-refractivity contribution < 1.29 is 9.53 Å². The Morgan fingerprint density at radius 2 is 2.11 bits per heavy atom. The van der Waals surface area contributed by atoms with Gasteiger partial charge in [-0.05, 0) is 44.0 Å². The van der Waals surface area contributed by atoms with Crippen LogP contribution in [-0.4, -0.2) is 19.1 Å². The highest BCUT2D eigenvalue weighted by Gasteiger charge is 2.05. The number of benzene rings is 1. The van der Waals surface area contributed by atoms with E-state index in [1.54, 1.807) is 13.0 Å². The lowest BCUT2D eigenvalue weighted by Crippen LogP contribution is -2.03. The summed E-state index contributed by atoms with van der Waals surface area (Å²) in [7, 11) is 0. The second-order valence-corrected chi connectivity index (χ2v) is 3.86. The molecule has 0 amide bonds. The molecule has 0 bridgehead atoms. The molecule has 0 saturated heterocycles. The van der Waals surface area contributed by atoms with E-state index in [-0.39, 0.29) is 12.1 Å². The maximum absolute atomic E-state index is 11.2. The van der Waals surface area contributed by atoms with Gasteiger partial charge in [0.2, 0.25) is 0 Å². The van der Waals surface area contributed by atoms with Crippen LogP contribution in [-0.2, 0) is 9.53 Å². The van der Waals surface area contributed by atoms with Gasteiger partial charge in [0.1, 0.15) is 0 Å². The molecule has 0 atom stereocenters. The van der Waals surface area contributed by atoms with Crippen LogP contribution in [0, 0.1) is 6.92 Å². The van der Waals surface area contributed by atoms with Crippen LogP contribution in [0.15, 0.2) is 18.2 Å². The summed E-state index contributed by atoms with van der Waals surface area (Å²) in [5, 5.41) is 3.19. The first-order chi connectivity index (χ1) is 8.60. The van der Waals surface area contributed by atoms with Crippen LogP contribution in [0.25, 0.3) is 6.08 Å². The summed E-state index contributed by atoms with van der Waals surface area (Å²) in [6, 6.07) is 3.84. The molecule has 0 aliphatic rings. The van der Waals surface area contributed by atoms with Crippen LogP contribution >= 0.6 is 0 Å². The van der Waals surface area contributed by atoms with Crippen molar-refractivity contribution >= 4 is 23.4 Å². The molecule has 0 aliphatic carbocycles. The Morgan fingerprint density at radius 3 is 2.68 bits per heavy atom. The van der Waals surface area contributed by atoms with Crippen LogP contribution in [0.3, 0.4) is 0 Å². The van der Waals surface area contributed by atoms with E-state index in [1.807, 2.05) is 26.0 Å². The summed E-state index contributed by atoms with van der Waals surface area (Å²) in [6.07, 6.45) is 3.14. The molecule has 1 aromatic carbocycles. The molecule has 0 saturated carbocycles. The summed E-state index contributed by atoms with van der Waals surface area (Å²) >= 11 is 0. The van der Waals surface area contributed by atoms with E-state index < -0.39 is 0 Å². The average Bonchev–Trinajstić information content (AvgIpc) is 2.35. The van der Waals surface area contributed by atoms with E-state index >= 15 is 0 Å². The van der Waals surface area contributed by atoms with Crippen LogP contribution in [0.1, 0.15) is 25.0 Å². The van der Waals surface area contributed by atoms with Gasteiger partial charge in [0.05, 0.1) is 18.0 Å². The van der Waals surface area contributed by atoms with Crippen LogP contribution < -0.4 is 17.2 Å². The molecule has 0 aromatic heterocycles. The summed E-state index contributed by atoms with van der Waals surface area (Å²) < 4.78 is 4.83. The van der Waals surface area contributed by atoms with Gasteiger partial charge < -0.3 is 21.9 Å². The molecule has 0 spiro atoms. The van der Waals surface area contributed by atoms with Gasteiger partial charge >= 0.3 is 5.97 Å². The second kappa shape index (κ2) is 8.16. The molecule has 0 unspecified atom stereocenters. The molecule has 0 fully saturated rings. The number of rotatable bonds is 5. The molecular weight excluding hydrogens is 242 g/mol. The first-order valence-corrected chi connectivity index (χ1v) is 6.07. The number of hydrogen-bond acceptors (Lipinski definition) is 5. The summed E-state index contributed by atoms with van der Waals surface area (Å²) in [6.45, 7) is 6.93. The first-order valence-electron chi connectivity index (χ1n) is 6.07. The van der Waals surface area contributed by atoms with Gasteiger partial charge in [0.15, 0.2) is 0 Å². The highest BCUT2D eigenvalue weighted by atomic mass is 16.5. The first kappa shape index (κ1) is 17.0. The quantitative estimate of drug-likeness (QED) is 0.432. The standard InChI is InChI=1S/C14H20N2O2.H3N/c1-4-16-12-8-6-11(10(3)14(12)15)7-9-13(17)18-5-2;/h6-9,16H,4-5,15H2,1-3H3;1H3/b9-7+;. The number of nitrogens with one attached hydrogen (secondary N) is 1. The van der Waals surface area contributed by atoms with Gasteiger partial charge in [-0.3, -0.25) is 0 Å². The number of anilines is 2. The third-order valence-corrected chi connectivity index (χ3v) is 2.61. The molecule has 6 N–H and O–H groups in total. The van der Waals surface area contributed by atoms with E-state index in [0.717, 1.165) is 23.4 Å². The Bertz CT molecular complexity index is 456. The van der Waals surface area contributed by atoms with Gasteiger partial charge in [-0.1, -0.05) is 6.07 Å². The van der Waals surface area contributed by atoms with E-state index in [0.29, 0.717) is 12.3 Å². The van der Waals surface area contributed by atoms with Crippen LogP contribution in [0.5, 0.6) is 0 Å². The van der Waals surface area contributed by atoms with Crippen molar-refractivity contribution in [3.8, 4) is 0 Å². The average molecular weight is 265 g/mol. The Morgan fingerprint density at radius 1 is 1.42 bits per heavy atom. The fourth-order valence-electron chi connectivity index (χ4n) is 1.62. The van der Waals surface area contributed by atoms with Crippen molar-refractivity contribution in [2.75, 3.05) is 24.2 Å². The highest BCUT2D eigenvalue weighted by molar-refractivity contribution is 5.88. The van der Waals surface area contributed by atoms with Crippen molar-refractivity contribution in [3.05, 3.63) is 29.3 Å². The predicted octanol–water partition coefficient (Wildman–Crippen LogP) is 2.75. The normalized spacial score (nSPS) is 10.1. The number of nitrogens with two attached hydrogens (primary N) is 1. The minimum Gasteiger partial charge on any atom is -0.463 e. The number of ether oxygens (including phenoxy) is 1. The van der Waals surface area contributed by atoms with Crippen molar-refractivity contribution in [1.82, 2.24) is 6.15 Å². The zero-order chi connectivity index (χ0) is 13.5. The lowest BCUT2D eigenvalue weighted by Gasteiger charge is -2.11. The zero-order valence-electron chi connectivity index (χ0n) is 11.8. The van der Waals surface area contributed by atoms with Crippen molar-refractivity contribution in [2.24, 2.45) is 0 Å². The Kier molecular flexibility index (Phi) is 7.29. The lowest BCUT2D eigenvalue weighted by molar-refractivity contribution is -0.137. The SMILES string of the molecule is CCNc1ccc(/C=C/C(=O)OCC)c(C)c1N.N. The minimum atomic E-state index is -0.341. The zero-order valence-corrected chi connectivity index (χ0v) is 11.8. The Balaban J connectivity index is 0.00000324. The monoisotopic (exact) mass is 265 g/mol. The molecule has 1 rings (SSSR count). The molecule has 0 radical (unpaired) electrons. The van der Waals surface area contributed by atoms with Crippen molar-refractivity contribution in [3.63, 3.8) is 0 Å². The molecule has 19 heavy (non-hydrogen) atoms. The van der Waals surface area contributed by atoms with Gasteiger partial charge in [0, 0.05) is 12.6 Å². The number of hydrogen-bond donors (Lipinski definition) is 3. The predicted molar refractivity (Wildman–Crippen MR) is 80.4 cm³/mol. The smallest absolute Gasteiger partial charge is 0.330 e. The molecule has 5 nitrogen and oxygen atoms in total. The van der Waals surface area contributed by atoms with Gasteiger partial charge in [0.25, 0.3) is 0 Å². The Labute approximate surface area is 114 Å². The molecular formula is C14H23N3O2. The van der Waals surface area contributed by atoms with Crippen molar-refractivity contribution in [2.45, 2.75) is 20.8 Å². The fraction of sp³-hybridized carbons (Fsp3) is 0.357. The molecule has 0 aliphatic heterocycles. The topological polar surface area (TPSA) is 99.3 Å². The summed E-state index contributed by atoms with van der Waals surface area (Å²) in [5.74, 6) is -0.341. The number of esters is 1. The fourth-order valence-corrected chi connectivity index (χ4v) is 1.62. The summed E-state index contributed by atoms with van der Waals surface area (Å²) in [5.41, 5.74) is 9.52. The largest absolute Gasteiger partial charge is 0.463 e. The van der Waals surface area contributed by atoms with E-state index in [9.17, 15) is 4.79 Å². The van der Waals surface area contributed by atoms with Crippen molar-refractivity contribution in [1.29, 1.82) is 0 Å².